The molecule has 0 amide bonds. The van der Waals surface area contributed by atoms with Gasteiger partial charge < -0.3 is 0 Å². The van der Waals surface area contributed by atoms with Crippen molar-refractivity contribution in [1.82, 2.24) is 4.31 Å². The summed E-state index contributed by atoms with van der Waals surface area (Å²) in [6.45, 7) is 5.35. The first-order chi connectivity index (χ1) is 9.98. The first-order valence-electron chi connectivity index (χ1n) is 7.12. The Morgan fingerprint density at radius 2 is 1.62 bits per heavy atom. The van der Waals surface area contributed by atoms with Crippen molar-refractivity contribution in [3.8, 4) is 0 Å². The lowest BCUT2D eigenvalue weighted by Crippen LogP contribution is -2.43. The van der Waals surface area contributed by atoms with Crippen molar-refractivity contribution in [3.05, 3.63) is 42.5 Å². The smallest absolute Gasteiger partial charge is 0.207 e. The van der Waals surface area contributed by atoms with Crippen LogP contribution in [0.3, 0.4) is 0 Å². The number of sulfonamides is 1. The predicted octanol–water partition coefficient (Wildman–Crippen LogP) is 3.35. The van der Waals surface area contributed by atoms with Crippen LogP contribution in [0.4, 0.5) is 0 Å². The van der Waals surface area contributed by atoms with Gasteiger partial charge in [0.25, 0.3) is 0 Å². The molecular weight excluding hydrogens is 302 g/mol. The van der Waals surface area contributed by atoms with Gasteiger partial charge in [0.1, 0.15) is 0 Å². The summed E-state index contributed by atoms with van der Waals surface area (Å²) in [4.78, 5) is 0.423. The van der Waals surface area contributed by atoms with E-state index in [4.69, 9.17) is 0 Å². The summed E-state index contributed by atoms with van der Waals surface area (Å²) >= 11 is 1.85. The Kier molecular flexibility index (Phi) is 3.99. The SMILES string of the molecule is CC1CN(S(=O)(=O)c2cccc3ccccc23)CC(C)S1. The van der Waals surface area contributed by atoms with Gasteiger partial charge in [-0.1, -0.05) is 50.2 Å². The summed E-state index contributed by atoms with van der Waals surface area (Å²) in [5.41, 5.74) is 0. The molecule has 0 spiro atoms. The highest BCUT2D eigenvalue weighted by Gasteiger charge is 2.32. The van der Waals surface area contributed by atoms with E-state index in [1.807, 2.05) is 48.2 Å². The van der Waals surface area contributed by atoms with Gasteiger partial charge in [0, 0.05) is 29.0 Å². The highest BCUT2D eigenvalue weighted by atomic mass is 32.2. The van der Waals surface area contributed by atoms with Gasteiger partial charge >= 0.3 is 0 Å². The first kappa shape index (κ1) is 14.9. The molecule has 0 N–H and O–H groups in total. The molecule has 0 aromatic heterocycles. The zero-order chi connectivity index (χ0) is 15.0. The third-order valence-electron chi connectivity index (χ3n) is 3.75. The second kappa shape index (κ2) is 5.63. The molecule has 0 bridgehead atoms. The fourth-order valence-corrected chi connectivity index (χ4v) is 6.23. The van der Waals surface area contributed by atoms with E-state index >= 15 is 0 Å². The normalized spacial score (nSPS) is 24.3. The Balaban J connectivity index is 2.08. The zero-order valence-corrected chi connectivity index (χ0v) is 13.8. The van der Waals surface area contributed by atoms with Crippen LogP contribution in [-0.4, -0.2) is 36.3 Å². The maximum atomic E-state index is 13.0. The van der Waals surface area contributed by atoms with Crippen molar-refractivity contribution in [3.63, 3.8) is 0 Å². The quantitative estimate of drug-likeness (QED) is 0.851. The average Bonchev–Trinajstić information content (AvgIpc) is 2.45. The molecule has 3 rings (SSSR count). The molecule has 1 fully saturated rings. The van der Waals surface area contributed by atoms with Gasteiger partial charge in [0.15, 0.2) is 0 Å². The number of nitrogens with zero attached hydrogens (tertiary/aromatic N) is 1. The Hall–Kier alpha value is -1.04. The molecule has 2 atom stereocenters. The Morgan fingerprint density at radius 1 is 1.00 bits per heavy atom. The molecule has 112 valence electrons. The number of fused-ring (bicyclic) bond motifs is 1. The fourth-order valence-electron chi connectivity index (χ4n) is 2.89. The van der Waals surface area contributed by atoms with Gasteiger partial charge in [-0.05, 0) is 11.5 Å². The van der Waals surface area contributed by atoms with Crippen molar-refractivity contribution < 1.29 is 8.42 Å². The lowest BCUT2D eigenvalue weighted by molar-refractivity contribution is 0.405. The lowest BCUT2D eigenvalue weighted by Gasteiger charge is -2.33. The maximum Gasteiger partial charge on any atom is 0.243 e. The summed E-state index contributed by atoms with van der Waals surface area (Å²) in [7, 11) is -3.43. The van der Waals surface area contributed by atoms with Crippen LogP contribution >= 0.6 is 11.8 Å². The van der Waals surface area contributed by atoms with Gasteiger partial charge in [-0.3, -0.25) is 0 Å². The van der Waals surface area contributed by atoms with Gasteiger partial charge in [-0.15, -0.1) is 0 Å². The number of benzene rings is 2. The highest BCUT2D eigenvalue weighted by molar-refractivity contribution is 8.00. The van der Waals surface area contributed by atoms with E-state index in [1.54, 1.807) is 10.4 Å². The van der Waals surface area contributed by atoms with E-state index in [1.165, 1.54) is 0 Å². The van der Waals surface area contributed by atoms with E-state index in [-0.39, 0.29) is 0 Å². The van der Waals surface area contributed by atoms with Crippen LogP contribution < -0.4 is 0 Å². The third-order valence-corrected chi connectivity index (χ3v) is 6.87. The minimum atomic E-state index is -3.43. The first-order valence-corrected chi connectivity index (χ1v) is 9.50. The van der Waals surface area contributed by atoms with E-state index in [0.717, 1.165) is 10.8 Å². The van der Waals surface area contributed by atoms with Crippen molar-refractivity contribution in [2.45, 2.75) is 29.2 Å². The second-order valence-electron chi connectivity index (χ2n) is 5.56. The molecular formula is C16H19NO2S2. The summed E-state index contributed by atoms with van der Waals surface area (Å²) in [5, 5.41) is 2.43. The molecule has 1 saturated heterocycles. The van der Waals surface area contributed by atoms with Crippen LogP contribution in [0.2, 0.25) is 0 Å². The number of hydrogen-bond acceptors (Lipinski definition) is 3. The second-order valence-corrected chi connectivity index (χ2v) is 9.34. The Labute approximate surface area is 130 Å². The van der Waals surface area contributed by atoms with Crippen molar-refractivity contribution >= 4 is 32.6 Å². The lowest BCUT2D eigenvalue weighted by atomic mass is 10.1. The number of thioether (sulfide) groups is 1. The summed E-state index contributed by atoms with van der Waals surface area (Å²) in [6.07, 6.45) is 0. The van der Waals surface area contributed by atoms with Gasteiger partial charge in [-0.2, -0.15) is 16.1 Å². The Morgan fingerprint density at radius 3 is 2.33 bits per heavy atom. The Bertz CT molecular complexity index is 742. The largest absolute Gasteiger partial charge is 0.243 e. The zero-order valence-electron chi connectivity index (χ0n) is 12.2. The highest BCUT2D eigenvalue weighted by Crippen LogP contribution is 2.31. The number of hydrogen-bond donors (Lipinski definition) is 0. The molecule has 2 aromatic carbocycles. The van der Waals surface area contributed by atoms with E-state index in [9.17, 15) is 8.42 Å². The van der Waals surface area contributed by atoms with Crippen LogP contribution in [0, 0.1) is 0 Å². The van der Waals surface area contributed by atoms with Gasteiger partial charge in [0.2, 0.25) is 10.0 Å². The fraction of sp³-hybridized carbons (Fsp3) is 0.375. The van der Waals surface area contributed by atoms with Crippen LogP contribution in [0.25, 0.3) is 10.8 Å². The van der Waals surface area contributed by atoms with Crippen LogP contribution in [-0.2, 0) is 10.0 Å². The molecule has 2 unspecified atom stereocenters. The molecule has 21 heavy (non-hydrogen) atoms. The van der Waals surface area contributed by atoms with Gasteiger partial charge in [0.05, 0.1) is 4.90 Å². The topological polar surface area (TPSA) is 37.4 Å². The molecule has 1 aliphatic heterocycles. The molecule has 0 radical (unpaired) electrons. The van der Waals surface area contributed by atoms with Crippen LogP contribution in [0.1, 0.15) is 13.8 Å². The molecule has 0 saturated carbocycles. The maximum absolute atomic E-state index is 13.0. The van der Waals surface area contributed by atoms with Gasteiger partial charge in [-0.25, -0.2) is 8.42 Å². The van der Waals surface area contributed by atoms with E-state index in [0.29, 0.717) is 28.5 Å². The molecule has 2 aromatic rings. The summed E-state index contributed by atoms with van der Waals surface area (Å²) in [6, 6.07) is 13.1. The third kappa shape index (κ3) is 2.82. The minimum absolute atomic E-state index is 0.332. The van der Waals surface area contributed by atoms with Crippen LogP contribution in [0.5, 0.6) is 0 Å². The molecule has 1 heterocycles. The summed E-state index contributed by atoms with van der Waals surface area (Å²) < 4.78 is 27.7. The van der Waals surface area contributed by atoms with Crippen LogP contribution in [0.15, 0.2) is 47.4 Å². The predicted molar refractivity (Wildman–Crippen MR) is 89.2 cm³/mol. The standard InChI is InChI=1S/C16H19NO2S2/c1-12-10-17(11-13(2)20-12)21(18,19)16-9-5-7-14-6-3-4-8-15(14)16/h3-9,12-13H,10-11H2,1-2H3. The van der Waals surface area contributed by atoms with E-state index < -0.39 is 10.0 Å². The van der Waals surface area contributed by atoms with Crippen molar-refractivity contribution in [2.75, 3.05) is 13.1 Å². The van der Waals surface area contributed by atoms with E-state index in [2.05, 4.69) is 13.8 Å². The minimum Gasteiger partial charge on any atom is -0.207 e. The average molecular weight is 321 g/mol. The van der Waals surface area contributed by atoms with Crippen molar-refractivity contribution in [2.24, 2.45) is 0 Å². The molecule has 3 nitrogen and oxygen atoms in total. The molecule has 1 aliphatic rings. The molecule has 0 aliphatic carbocycles. The molecule has 5 heteroatoms. The van der Waals surface area contributed by atoms with Crippen molar-refractivity contribution in [1.29, 1.82) is 0 Å². The monoisotopic (exact) mass is 321 g/mol. The summed E-state index contributed by atoms with van der Waals surface area (Å²) in [5.74, 6) is 0. The number of rotatable bonds is 2.